The van der Waals surface area contributed by atoms with Gasteiger partial charge in [-0.1, -0.05) is 0 Å². The van der Waals surface area contributed by atoms with Gasteiger partial charge >= 0.3 is 0 Å². The van der Waals surface area contributed by atoms with E-state index in [1.807, 2.05) is 4.90 Å². The normalized spacial score (nSPS) is 14.6. The molecule has 1 aliphatic carbocycles. The third-order valence-corrected chi connectivity index (χ3v) is 3.23. The van der Waals surface area contributed by atoms with Crippen LogP contribution in [0, 0.1) is 6.92 Å². The minimum atomic E-state index is 0.0256. The van der Waals surface area contributed by atoms with E-state index in [0.29, 0.717) is 24.8 Å². The molecule has 1 amide bonds. The average molecular weight is 249 g/mol. The lowest BCUT2D eigenvalue weighted by atomic mass is 10.1. The van der Waals surface area contributed by atoms with Crippen LogP contribution in [0.5, 0.6) is 5.75 Å². The van der Waals surface area contributed by atoms with Gasteiger partial charge in [-0.15, -0.1) is 0 Å². The number of phenolic OH excluding ortho intramolecular Hbond substituents is 1. The van der Waals surface area contributed by atoms with E-state index < -0.39 is 0 Å². The Bertz CT molecular complexity index is 441. The summed E-state index contributed by atoms with van der Waals surface area (Å²) in [4.78, 5) is 14.3. The zero-order chi connectivity index (χ0) is 13.1. The summed E-state index contributed by atoms with van der Waals surface area (Å²) >= 11 is 0. The Kier molecular flexibility index (Phi) is 3.87. The Morgan fingerprint density at radius 3 is 2.78 bits per heavy atom. The fourth-order valence-corrected chi connectivity index (χ4v) is 1.98. The van der Waals surface area contributed by atoms with Crippen molar-refractivity contribution in [3.05, 3.63) is 29.3 Å². The molecule has 1 N–H and O–H groups in total. The van der Waals surface area contributed by atoms with Crippen LogP contribution in [-0.4, -0.2) is 42.2 Å². The maximum absolute atomic E-state index is 12.4. The second kappa shape index (κ2) is 5.40. The lowest BCUT2D eigenvalue weighted by Gasteiger charge is -2.22. The molecule has 0 bridgehead atoms. The van der Waals surface area contributed by atoms with E-state index in [4.69, 9.17) is 4.74 Å². The van der Waals surface area contributed by atoms with Crippen LogP contribution >= 0.6 is 0 Å². The lowest BCUT2D eigenvalue weighted by molar-refractivity contribution is 0.0680. The van der Waals surface area contributed by atoms with Crippen molar-refractivity contribution in [2.45, 2.75) is 25.8 Å². The van der Waals surface area contributed by atoms with Gasteiger partial charge in [-0.3, -0.25) is 4.79 Å². The molecule has 1 aromatic carbocycles. The van der Waals surface area contributed by atoms with Gasteiger partial charge in [0, 0.05) is 25.3 Å². The monoisotopic (exact) mass is 249 g/mol. The fraction of sp³-hybridized carbons (Fsp3) is 0.500. The quantitative estimate of drug-likeness (QED) is 0.867. The summed E-state index contributed by atoms with van der Waals surface area (Å²) in [7, 11) is 1.64. The summed E-state index contributed by atoms with van der Waals surface area (Å²) in [5.74, 6) is 0.249. The van der Waals surface area contributed by atoms with Crippen LogP contribution in [0.15, 0.2) is 18.2 Å². The molecule has 0 spiro atoms. The molecule has 0 aromatic heterocycles. The highest BCUT2D eigenvalue weighted by atomic mass is 16.5. The van der Waals surface area contributed by atoms with Gasteiger partial charge in [0.15, 0.2) is 0 Å². The van der Waals surface area contributed by atoms with Crippen molar-refractivity contribution in [2.24, 2.45) is 0 Å². The summed E-state index contributed by atoms with van der Waals surface area (Å²) in [6, 6.07) is 5.35. The number of aryl methyl sites for hydroxylation is 1. The molecule has 4 heteroatoms. The smallest absolute Gasteiger partial charge is 0.254 e. The standard InChI is InChI=1S/C14H19NO3/c1-10-9-11(3-6-13(10)16)14(17)15(7-8-18-2)12-4-5-12/h3,6,9,12,16H,4-5,7-8H2,1-2H3. The SMILES string of the molecule is COCCN(C(=O)c1ccc(O)c(C)c1)C1CC1. The summed E-state index contributed by atoms with van der Waals surface area (Å²) in [5, 5.41) is 9.48. The van der Waals surface area contributed by atoms with Crippen molar-refractivity contribution in [2.75, 3.05) is 20.3 Å². The molecule has 1 aliphatic rings. The highest BCUT2D eigenvalue weighted by Gasteiger charge is 2.32. The number of rotatable bonds is 5. The fourth-order valence-electron chi connectivity index (χ4n) is 1.98. The number of nitrogens with zero attached hydrogens (tertiary/aromatic N) is 1. The number of benzene rings is 1. The highest BCUT2D eigenvalue weighted by Crippen LogP contribution is 2.28. The molecule has 0 saturated heterocycles. The summed E-state index contributed by atoms with van der Waals surface area (Å²) in [5.41, 5.74) is 1.36. The molecule has 98 valence electrons. The van der Waals surface area contributed by atoms with Crippen molar-refractivity contribution in [1.29, 1.82) is 0 Å². The zero-order valence-corrected chi connectivity index (χ0v) is 10.8. The largest absolute Gasteiger partial charge is 0.508 e. The Morgan fingerprint density at radius 1 is 1.50 bits per heavy atom. The Hall–Kier alpha value is -1.55. The first-order valence-corrected chi connectivity index (χ1v) is 6.23. The second-order valence-corrected chi connectivity index (χ2v) is 4.72. The van der Waals surface area contributed by atoms with Crippen molar-refractivity contribution in [3.63, 3.8) is 0 Å². The molecule has 0 aliphatic heterocycles. The number of carbonyl (C=O) groups is 1. The number of ether oxygens (including phenoxy) is 1. The van der Waals surface area contributed by atoms with Crippen molar-refractivity contribution in [3.8, 4) is 5.75 Å². The van der Waals surface area contributed by atoms with E-state index in [1.165, 1.54) is 0 Å². The van der Waals surface area contributed by atoms with Crippen molar-refractivity contribution in [1.82, 2.24) is 4.90 Å². The summed E-state index contributed by atoms with van der Waals surface area (Å²) in [6.45, 7) is 2.97. The predicted molar refractivity (Wildman–Crippen MR) is 68.8 cm³/mol. The predicted octanol–water partition coefficient (Wildman–Crippen LogP) is 1.95. The highest BCUT2D eigenvalue weighted by molar-refractivity contribution is 5.95. The molecule has 0 atom stereocenters. The third kappa shape index (κ3) is 2.82. The van der Waals surface area contributed by atoms with Crippen LogP contribution < -0.4 is 0 Å². The van der Waals surface area contributed by atoms with Gasteiger partial charge in [0.05, 0.1) is 6.61 Å². The van der Waals surface area contributed by atoms with Gasteiger partial charge in [-0.25, -0.2) is 0 Å². The van der Waals surface area contributed by atoms with Gasteiger partial charge in [0.25, 0.3) is 5.91 Å². The van der Waals surface area contributed by atoms with Crippen LogP contribution in [-0.2, 0) is 4.74 Å². The molecule has 1 saturated carbocycles. The molecule has 1 aromatic rings. The second-order valence-electron chi connectivity index (χ2n) is 4.72. The molecule has 4 nitrogen and oxygen atoms in total. The molecule has 0 heterocycles. The summed E-state index contributed by atoms with van der Waals surface area (Å²) < 4.78 is 5.05. The number of aromatic hydroxyl groups is 1. The van der Waals surface area contributed by atoms with Gasteiger partial charge in [-0.2, -0.15) is 0 Å². The number of phenols is 1. The maximum atomic E-state index is 12.4. The first kappa shape index (κ1) is 12.9. The maximum Gasteiger partial charge on any atom is 0.254 e. The molecule has 0 radical (unpaired) electrons. The molecule has 18 heavy (non-hydrogen) atoms. The van der Waals surface area contributed by atoms with Crippen LogP contribution in [0.3, 0.4) is 0 Å². The van der Waals surface area contributed by atoms with E-state index in [2.05, 4.69) is 0 Å². The Labute approximate surface area is 107 Å². The van der Waals surface area contributed by atoms with Crippen LogP contribution in [0.1, 0.15) is 28.8 Å². The molecule has 2 rings (SSSR count). The van der Waals surface area contributed by atoms with E-state index in [-0.39, 0.29) is 11.7 Å². The number of carbonyl (C=O) groups excluding carboxylic acids is 1. The third-order valence-electron chi connectivity index (χ3n) is 3.23. The Balaban J connectivity index is 2.13. The number of hydrogen-bond donors (Lipinski definition) is 1. The molecule has 1 fully saturated rings. The van der Waals surface area contributed by atoms with Gasteiger partial charge in [-0.05, 0) is 43.5 Å². The first-order chi connectivity index (χ1) is 8.63. The zero-order valence-electron chi connectivity index (χ0n) is 10.8. The van der Waals surface area contributed by atoms with Crippen LogP contribution in [0.4, 0.5) is 0 Å². The molecular formula is C14H19NO3. The van der Waals surface area contributed by atoms with E-state index >= 15 is 0 Å². The van der Waals surface area contributed by atoms with E-state index in [0.717, 1.165) is 18.4 Å². The Morgan fingerprint density at radius 2 is 2.22 bits per heavy atom. The topological polar surface area (TPSA) is 49.8 Å². The minimum absolute atomic E-state index is 0.0256. The summed E-state index contributed by atoms with van der Waals surface area (Å²) in [6.07, 6.45) is 2.15. The number of hydrogen-bond acceptors (Lipinski definition) is 3. The van der Waals surface area contributed by atoms with Gasteiger partial charge in [0.1, 0.15) is 5.75 Å². The van der Waals surface area contributed by atoms with Crippen molar-refractivity contribution >= 4 is 5.91 Å². The number of amides is 1. The van der Waals surface area contributed by atoms with Crippen molar-refractivity contribution < 1.29 is 14.6 Å². The van der Waals surface area contributed by atoms with E-state index in [9.17, 15) is 9.90 Å². The van der Waals surface area contributed by atoms with Crippen LogP contribution in [0.2, 0.25) is 0 Å². The first-order valence-electron chi connectivity index (χ1n) is 6.23. The molecular weight excluding hydrogens is 230 g/mol. The van der Waals surface area contributed by atoms with Gasteiger partial charge in [0.2, 0.25) is 0 Å². The molecule has 0 unspecified atom stereocenters. The minimum Gasteiger partial charge on any atom is -0.508 e. The lowest BCUT2D eigenvalue weighted by Crippen LogP contribution is -2.35. The average Bonchev–Trinajstić information content (AvgIpc) is 3.17. The van der Waals surface area contributed by atoms with Crippen LogP contribution in [0.25, 0.3) is 0 Å². The van der Waals surface area contributed by atoms with Gasteiger partial charge < -0.3 is 14.7 Å². The van der Waals surface area contributed by atoms with E-state index in [1.54, 1.807) is 32.2 Å². The number of methoxy groups -OCH3 is 1.